The monoisotopic (exact) mass is 277 g/mol. The molecule has 1 aliphatic rings. The Morgan fingerprint density at radius 2 is 2.20 bits per heavy atom. The molecule has 0 aromatic rings. The molecule has 15 heavy (non-hydrogen) atoms. The molecule has 0 bridgehead atoms. The first-order chi connectivity index (χ1) is 7.02. The fourth-order valence-electron chi connectivity index (χ4n) is 0.913. The van der Waals surface area contributed by atoms with Gasteiger partial charge in [0.1, 0.15) is 7.19 Å². The van der Waals surface area contributed by atoms with Gasteiger partial charge in [0.25, 0.3) is 8.53 Å². The van der Waals surface area contributed by atoms with Gasteiger partial charge in [-0.05, 0) is 10.5 Å². The molecule has 1 N–H and O–H groups in total. The van der Waals surface area contributed by atoms with E-state index in [1.807, 2.05) is 0 Å². The van der Waals surface area contributed by atoms with E-state index in [-0.39, 0.29) is 0 Å². The maximum Gasteiger partial charge on any atom is 0.302 e. The second-order valence-electron chi connectivity index (χ2n) is 2.30. The Hall–Kier alpha value is 0.310. The first-order valence-corrected chi connectivity index (χ1v) is 7.72. The maximum atomic E-state index is 13.4. The summed E-state index contributed by atoms with van der Waals surface area (Å²) in [4.78, 5) is 6.94. The zero-order valence-electron chi connectivity index (χ0n) is 7.77. The average molecular weight is 277 g/mol. The van der Waals surface area contributed by atoms with Gasteiger partial charge in [0, 0.05) is 0 Å². The lowest BCUT2D eigenvalue weighted by molar-refractivity contribution is 0.0192. The van der Waals surface area contributed by atoms with E-state index in [2.05, 4.69) is 28.3 Å². The van der Waals surface area contributed by atoms with Gasteiger partial charge in [-0.2, -0.15) is 8.39 Å². The first kappa shape index (κ1) is 13.4. The van der Waals surface area contributed by atoms with Crippen molar-refractivity contribution in [2.75, 3.05) is 7.11 Å². The number of nitrogens with one attached hydrogen (secondary N) is 1. The van der Waals surface area contributed by atoms with Crippen LogP contribution in [0.5, 0.6) is 0 Å². The van der Waals surface area contributed by atoms with E-state index in [9.17, 15) is 12.9 Å². The molecule has 10 heteroatoms. The number of hydrogen-bond donors (Lipinski definition) is 1. The summed E-state index contributed by atoms with van der Waals surface area (Å²) >= 11 is 0. The first-order valence-electron chi connectivity index (χ1n) is 3.59. The average Bonchev–Trinajstić information content (AvgIpc) is 2.25. The van der Waals surface area contributed by atoms with Crippen LogP contribution in [-0.4, -0.2) is 21.8 Å². The Balaban J connectivity index is 3.19. The number of halogens is 3. The smallest absolute Gasteiger partial charge is 0.289 e. The highest BCUT2D eigenvalue weighted by molar-refractivity contribution is 7.88. The Morgan fingerprint density at radius 1 is 1.60 bits per heavy atom. The molecule has 4 nitrogen and oxygen atoms in total. The van der Waals surface area contributed by atoms with Crippen molar-refractivity contribution < 1.29 is 17.7 Å². The standard InChI is InChI=1S/C5H9F3N3OP3/c1-4-15(5-2)9-13(7)10(6)14(8)11(15)12-3/h4,9H,1-2H2,3H3. The van der Waals surface area contributed by atoms with E-state index in [0.717, 1.165) is 7.11 Å². The molecule has 0 radical (unpaired) electrons. The van der Waals surface area contributed by atoms with Crippen LogP contribution in [-0.2, 0) is 4.84 Å². The summed E-state index contributed by atoms with van der Waals surface area (Å²) in [6.07, 6.45) is 0. The molecule has 86 valence electrons. The Morgan fingerprint density at radius 3 is 2.60 bits per heavy atom. The minimum absolute atomic E-state index is 0.521. The van der Waals surface area contributed by atoms with Crippen LogP contribution >= 0.6 is 24.3 Å². The Kier molecular flexibility index (Phi) is 4.54. The van der Waals surface area contributed by atoms with Crippen molar-refractivity contribution in [3.63, 3.8) is 0 Å². The van der Waals surface area contributed by atoms with Crippen molar-refractivity contribution >= 4 is 29.7 Å². The molecule has 0 saturated carbocycles. The highest BCUT2D eigenvalue weighted by Gasteiger charge is 2.48. The molecule has 0 aliphatic carbocycles. The van der Waals surface area contributed by atoms with Crippen molar-refractivity contribution in [1.29, 1.82) is 0 Å². The lowest BCUT2D eigenvalue weighted by atomic mass is 11.3. The minimum Gasteiger partial charge on any atom is -0.289 e. The van der Waals surface area contributed by atoms with Gasteiger partial charge in [0.05, 0.1) is 7.11 Å². The van der Waals surface area contributed by atoms with Gasteiger partial charge in [0.15, 0.2) is 0 Å². The lowest BCUT2D eigenvalue weighted by Gasteiger charge is -2.40. The van der Waals surface area contributed by atoms with Crippen molar-refractivity contribution in [2.45, 2.75) is 0 Å². The van der Waals surface area contributed by atoms with Crippen LogP contribution in [0.4, 0.5) is 12.9 Å². The quantitative estimate of drug-likeness (QED) is 0.616. The summed E-state index contributed by atoms with van der Waals surface area (Å²) in [5.74, 6) is 1.25. The second kappa shape index (κ2) is 5.09. The molecule has 0 spiro atoms. The number of nitrogens with zero attached hydrogens (tertiary/aromatic N) is 2. The second-order valence-corrected chi connectivity index (χ2v) is 8.22. The topological polar surface area (TPSA) is 27.7 Å². The highest BCUT2D eigenvalue weighted by Crippen LogP contribution is 2.75. The van der Waals surface area contributed by atoms with Crippen LogP contribution in [0, 0.1) is 0 Å². The third-order valence-corrected chi connectivity index (χ3v) is 8.40. The van der Waals surface area contributed by atoms with Gasteiger partial charge >= 0.3 is 8.53 Å². The SMILES string of the molecule is C=C=P1(C=C)NP(F)N(F)P(F)N1OC. The Labute approximate surface area is 88.3 Å². The molecule has 3 unspecified atom stereocenters. The zero-order valence-corrected chi connectivity index (χ0v) is 10.5. The molecular formula is C5H9F3N3OP3. The largest absolute Gasteiger partial charge is 0.302 e. The van der Waals surface area contributed by atoms with Crippen molar-refractivity contribution in [3.05, 3.63) is 19.0 Å². The molecule has 1 aliphatic heterocycles. The van der Waals surface area contributed by atoms with E-state index < -0.39 is 28.9 Å². The van der Waals surface area contributed by atoms with Gasteiger partial charge in [-0.3, -0.25) is 4.84 Å². The van der Waals surface area contributed by atoms with E-state index >= 15 is 0 Å². The molecule has 1 rings (SSSR count). The zero-order chi connectivity index (χ0) is 11.6. The van der Waals surface area contributed by atoms with Gasteiger partial charge in [0.2, 0.25) is 0 Å². The third kappa shape index (κ3) is 2.21. The van der Waals surface area contributed by atoms with Gasteiger partial charge < -0.3 is 0 Å². The van der Waals surface area contributed by atoms with Gasteiger partial charge in [-0.25, -0.2) is 4.86 Å². The summed E-state index contributed by atoms with van der Waals surface area (Å²) in [6.45, 7) is 6.76. The van der Waals surface area contributed by atoms with Crippen molar-refractivity contribution in [2.24, 2.45) is 0 Å². The van der Waals surface area contributed by atoms with Gasteiger partial charge in [-0.15, -0.1) is 4.48 Å². The van der Waals surface area contributed by atoms with Crippen LogP contribution < -0.4 is 4.86 Å². The van der Waals surface area contributed by atoms with Crippen LogP contribution in [0.3, 0.4) is 0 Å². The Bertz CT molecular complexity index is 337. The molecule has 0 amide bonds. The van der Waals surface area contributed by atoms with Crippen molar-refractivity contribution in [1.82, 2.24) is 14.1 Å². The van der Waals surface area contributed by atoms with E-state index in [4.69, 9.17) is 0 Å². The summed E-state index contributed by atoms with van der Waals surface area (Å²) in [5, 5.41) is 0. The van der Waals surface area contributed by atoms with Crippen molar-refractivity contribution in [3.8, 4) is 0 Å². The molecule has 1 saturated heterocycles. The van der Waals surface area contributed by atoms with E-state index in [1.165, 1.54) is 5.82 Å². The number of hydrogen-bond acceptors (Lipinski definition) is 4. The summed E-state index contributed by atoms with van der Waals surface area (Å²) in [5.41, 5.74) is 2.44. The summed E-state index contributed by atoms with van der Waals surface area (Å²) < 4.78 is 39.6. The third-order valence-electron chi connectivity index (χ3n) is 1.60. The molecule has 3 atom stereocenters. The summed E-state index contributed by atoms with van der Waals surface area (Å²) in [6, 6.07) is 0. The van der Waals surface area contributed by atoms with Crippen LogP contribution in [0.15, 0.2) is 19.0 Å². The normalized spacial score (nSPS) is 38.7. The molecule has 1 heterocycles. The van der Waals surface area contributed by atoms with Crippen LogP contribution in [0.2, 0.25) is 0 Å². The van der Waals surface area contributed by atoms with E-state index in [1.54, 1.807) is 0 Å². The molecule has 1 fully saturated rings. The van der Waals surface area contributed by atoms with Crippen LogP contribution in [0.1, 0.15) is 0 Å². The predicted molar refractivity (Wildman–Crippen MR) is 58.7 cm³/mol. The van der Waals surface area contributed by atoms with Gasteiger partial charge in [-0.1, -0.05) is 23.2 Å². The summed E-state index contributed by atoms with van der Waals surface area (Å²) in [7, 11) is -7.57. The molecular weight excluding hydrogens is 268 g/mol. The lowest BCUT2D eigenvalue weighted by Crippen LogP contribution is -2.29. The van der Waals surface area contributed by atoms with Crippen LogP contribution in [0.25, 0.3) is 0 Å². The number of rotatable bonds is 2. The fourth-order valence-corrected chi connectivity index (χ4v) is 7.23. The minimum atomic E-state index is -3.01. The van der Waals surface area contributed by atoms with E-state index in [0.29, 0.717) is 4.60 Å². The molecule has 0 aromatic heterocycles. The fraction of sp³-hybridized carbons (Fsp3) is 0.200. The maximum absolute atomic E-state index is 13.4. The molecule has 0 aromatic carbocycles. The predicted octanol–water partition coefficient (Wildman–Crippen LogP) is 3.61. The highest BCUT2D eigenvalue weighted by atomic mass is 31.3.